The van der Waals surface area contributed by atoms with E-state index < -0.39 is 15.9 Å². The van der Waals surface area contributed by atoms with Gasteiger partial charge in [0.2, 0.25) is 0 Å². The van der Waals surface area contributed by atoms with Gasteiger partial charge in [0, 0.05) is 11.1 Å². The normalized spacial score (nSPS) is 11.0. The minimum atomic E-state index is -3.80. The summed E-state index contributed by atoms with van der Waals surface area (Å²) in [6.45, 7) is 1.95. The van der Waals surface area contributed by atoms with Gasteiger partial charge in [-0.3, -0.25) is 9.52 Å². The predicted octanol–water partition coefficient (Wildman–Crippen LogP) is 3.51. The van der Waals surface area contributed by atoms with Crippen molar-refractivity contribution in [3.05, 3.63) is 65.2 Å². The topological polar surface area (TPSA) is 97.4 Å². The van der Waals surface area contributed by atoms with Crippen LogP contribution in [0.15, 0.2) is 58.8 Å². The number of anilines is 2. The zero-order valence-corrected chi connectivity index (χ0v) is 16.2. The molecular formula is C18H17N3O4S2. The van der Waals surface area contributed by atoms with Crippen molar-refractivity contribution in [2.45, 2.75) is 11.8 Å². The van der Waals surface area contributed by atoms with Crippen molar-refractivity contribution in [2.24, 2.45) is 0 Å². The Kier molecular flexibility index (Phi) is 5.43. The van der Waals surface area contributed by atoms with E-state index in [1.54, 1.807) is 24.3 Å². The molecule has 0 saturated carbocycles. The number of benzene rings is 2. The summed E-state index contributed by atoms with van der Waals surface area (Å²) in [5.74, 6) is 0.142. The maximum atomic E-state index is 12.4. The van der Waals surface area contributed by atoms with E-state index in [0.717, 1.165) is 16.9 Å². The molecule has 1 aromatic heterocycles. The summed E-state index contributed by atoms with van der Waals surface area (Å²) < 4.78 is 32.2. The number of amides is 1. The molecule has 0 aliphatic carbocycles. The molecule has 0 aliphatic rings. The average Bonchev–Trinajstić information content (AvgIpc) is 3.11. The van der Waals surface area contributed by atoms with Gasteiger partial charge < -0.3 is 10.1 Å². The lowest BCUT2D eigenvalue weighted by atomic mass is 10.2. The minimum Gasteiger partial charge on any atom is -0.497 e. The number of rotatable bonds is 6. The van der Waals surface area contributed by atoms with Crippen LogP contribution < -0.4 is 14.8 Å². The van der Waals surface area contributed by atoms with Gasteiger partial charge in [-0.2, -0.15) is 0 Å². The largest absolute Gasteiger partial charge is 0.497 e. The zero-order chi connectivity index (χ0) is 19.4. The van der Waals surface area contributed by atoms with Crippen LogP contribution >= 0.6 is 11.3 Å². The third-order valence-corrected chi connectivity index (χ3v) is 5.88. The molecular weight excluding hydrogens is 386 g/mol. The van der Waals surface area contributed by atoms with Crippen LogP contribution in [-0.2, 0) is 10.0 Å². The summed E-state index contributed by atoms with van der Waals surface area (Å²) in [7, 11) is -2.30. The molecule has 0 spiro atoms. The second-order valence-corrected chi connectivity index (χ2v) is 8.18. The number of nitrogens with one attached hydrogen (secondary N) is 2. The summed E-state index contributed by atoms with van der Waals surface area (Å²) in [5, 5.41) is 4.33. The smallest absolute Gasteiger partial charge is 0.275 e. The predicted molar refractivity (Wildman–Crippen MR) is 105 cm³/mol. The minimum absolute atomic E-state index is 0.0733. The first-order valence-electron chi connectivity index (χ1n) is 7.88. The molecule has 0 aliphatic heterocycles. The third-order valence-electron chi connectivity index (χ3n) is 3.64. The van der Waals surface area contributed by atoms with Gasteiger partial charge in [-0.25, -0.2) is 13.4 Å². The number of nitrogens with zero attached hydrogens (tertiary/aromatic N) is 1. The van der Waals surface area contributed by atoms with Crippen molar-refractivity contribution in [2.75, 3.05) is 17.1 Å². The lowest BCUT2D eigenvalue weighted by molar-refractivity contribution is 0.102. The first-order chi connectivity index (χ1) is 12.9. The molecule has 1 heterocycles. The molecule has 0 fully saturated rings. The lowest BCUT2D eigenvalue weighted by Crippen LogP contribution is -2.14. The van der Waals surface area contributed by atoms with Gasteiger partial charge in [-0.1, -0.05) is 17.7 Å². The van der Waals surface area contributed by atoms with E-state index in [1.807, 2.05) is 19.1 Å². The lowest BCUT2D eigenvalue weighted by Gasteiger charge is -2.06. The highest BCUT2D eigenvalue weighted by atomic mass is 32.2. The van der Waals surface area contributed by atoms with Gasteiger partial charge in [-0.15, -0.1) is 11.3 Å². The first-order valence-corrected chi connectivity index (χ1v) is 10.2. The van der Waals surface area contributed by atoms with E-state index in [0.29, 0.717) is 11.4 Å². The Hall–Kier alpha value is -2.91. The molecule has 3 aromatic rings. The zero-order valence-electron chi connectivity index (χ0n) is 14.6. The molecule has 27 heavy (non-hydrogen) atoms. The van der Waals surface area contributed by atoms with Crippen LogP contribution in [0, 0.1) is 6.92 Å². The molecule has 7 nitrogen and oxygen atoms in total. The van der Waals surface area contributed by atoms with E-state index in [9.17, 15) is 13.2 Å². The van der Waals surface area contributed by atoms with E-state index in [2.05, 4.69) is 15.0 Å². The number of thiazole rings is 1. The van der Waals surface area contributed by atoms with Gasteiger partial charge in [-0.05, 0) is 43.3 Å². The SMILES string of the molecule is COc1ccc(S(=O)(=O)Nc2nc(C(=O)Nc3ccc(C)cc3)cs2)cc1. The van der Waals surface area contributed by atoms with Crippen molar-refractivity contribution >= 4 is 38.1 Å². The van der Waals surface area contributed by atoms with Gasteiger partial charge >= 0.3 is 0 Å². The molecule has 0 radical (unpaired) electrons. The van der Waals surface area contributed by atoms with Crippen LogP contribution in [0.25, 0.3) is 0 Å². The Labute approximate surface area is 161 Å². The molecule has 3 rings (SSSR count). The van der Waals surface area contributed by atoms with Crippen LogP contribution in [0.1, 0.15) is 16.1 Å². The number of hydrogen-bond donors (Lipinski definition) is 2. The number of hydrogen-bond acceptors (Lipinski definition) is 6. The summed E-state index contributed by atoms with van der Waals surface area (Å²) in [6.07, 6.45) is 0. The average molecular weight is 403 g/mol. The van der Waals surface area contributed by atoms with Gasteiger partial charge in [0.15, 0.2) is 5.13 Å². The number of sulfonamides is 1. The van der Waals surface area contributed by atoms with E-state index in [-0.39, 0.29) is 15.7 Å². The second kappa shape index (κ2) is 7.77. The number of ether oxygens (including phenoxy) is 1. The summed E-state index contributed by atoms with van der Waals surface area (Å²) >= 11 is 1.03. The van der Waals surface area contributed by atoms with Gasteiger partial charge in [0.25, 0.3) is 15.9 Å². The molecule has 2 aromatic carbocycles. The fraction of sp³-hybridized carbons (Fsp3) is 0.111. The summed E-state index contributed by atoms with van der Waals surface area (Å²) in [4.78, 5) is 16.4. The number of carbonyl (C=O) groups is 1. The van der Waals surface area contributed by atoms with E-state index >= 15 is 0 Å². The molecule has 0 atom stereocenters. The first kappa shape index (κ1) is 18.9. The highest BCUT2D eigenvalue weighted by Crippen LogP contribution is 2.22. The Balaban J connectivity index is 1.70. The fourth-order valence-corrected chi connectivity index (χ4v) is 4.13. The molecule has 9 heteroatoms. The number of aryl methyl sites for hydroxylation is 1. The van der Waals surface area contributed by atoms with Crippen molar-refractivity contribution in [1.29, 1.82) is 0 Å². The van der Waals surface area contributed by atoms with E-state index in [4.69, 9.17) is 4.74 Å². The molecule has 0 saturated heterocycles. The monoisotopic (exact) mass is 403 g/mol. The van der Waals surface area contributed by atoms with Crippen LogP contribution in [0.5, 0.6) is 5.75 Å². The second-order valence-electron chi connectivity index (χ2n) is 5.64. The summed E-state index contributed by atoms with van der Waals surface area (Å²) in [6, 6.07) is 13.3. The Morgan fingerprint density at radius 1 is 1.07 bits per heavy atom. The molecule has 0 unspecified atom stereocenters. The Morgan fingerprint density at radius 3 is 2.37 bits per heavy atom. The standard InChI is InChI=1S/C18H17N3O4S2/c1-12-3-5-13(6-4-12)19-17(22)16-11-26-18(20-16)21-27(23,24)15-9-7-14(25-2)8-10-15/h3-11H,1-2H3,(H,19,22)(H,20,21). The van der Waals surface area contributed by atoms with Crippen LogP contribution in [-0.4, -0.2) is 26.4 Å². The Bertz CT molecular complexity index is 1040. The van der Waals surface area contributed by atoms with E-state index in [1.165, 1.54) is 24.6 Å². The molecule has 140 valence electrons. The van der Waals surface area contributed by atoms with Crippen molar-refractivity contribution in [3.63, 3.8) is 0 Å². The molecule has 0 bridgehead atoms. The number of methoxy groups -OCH3 is 1. The van der Waals surface area contributed by atoms with Gasteiger partial charge in [0.05, 0.1) is 12.0 Å². The van der Waals surface area contributed by atoms with Gasteiger partial charge in [0.1, 0.15) is 11.4 Å². The van der Waals surface area contributed by atoms with Crippen LogP contribution in [0.4, 0.5) is 10.8 Å². The van der Waals surface area contributed by atoms with Crippen LogP contribution in [0.3, 0.4) is 0 Å². The van der Waals surface area contributed by atoms with Crippen LogP contribution in [0.2, 0.25) is 0 Å². The van der Waals surface area contributed by atoms with Crippen molar-refractivity contribution in [1.82, 2.24) is 4.98 Å². The molecule has 1 amide bonds. The fourth-order valence-electron chi connectivity index (χ4n) is 2.19. The van der Waals surface area contributed by atoms with Crippen molar-refractivity contribution < 1.29 is 17.9 Å². The highest BCUT2D eigenvalue weighted by Gasteiger charge is 2.18. The Morgan fingerprint density at radius 2 is 1.74 bits per heavy atom. The summed E-state index contributed by atoms with van der Waals surface area (Å²) in [5.41, 5.74) is 1.85. The molecule has 2 N–H and O–H groups in total. The maximum Gasteiger partial charge on any atom is 0.275 e. The third kappa shape index (κ3) is 4.63. The number of aromatic nitrogens is 1. The quantitative estimate of drug-likeness (QED) is 0.656. The highest BCUT2D eigenvalue weighted by molar-refractivity contribution is 7.93. The van der Waals surface area contributed by atoms with Crippen molar-refractivity contribution in [3.8, 4) is 5.75 Å². The maximum absolute atomic E-state index is 12.4. The number of carbonyl (C=O) groups excluding carboxylic acids is 1.